The van der Waals surface area contributed by atoms with E-state index >= 15 is 0 Å². The molecule has 3 N–H and O–H groups in total. The Morgan fingerprint density at radius 2 is 2.09 bits per heavy atom. The summed E-state index contributed by atoms with van der Waals surface area (Å²) in [5, 5.41) is 6.66. The van der Waals surface area contributed by atoms with Crippen molar-refractivity contribution in [2.24, 2.45) is 0 Å². The predicted octanol–water partition coefficient (Wildman–Crippen LogP) is 5.00. The van der Waals surface area contributed by atoms with E-state index < -0.39 is 6.08 Å². The lowest BCUT2D eigenvalue weighted by Gasteiger charge is -2.13. The number of fused-ring (bicyclic) bond motifs is 2. The Morgan fingerprint density at radius 1 is 1.21 bits per heavy atom. The first kappa shape index (κ1) is 21.5. The molecule has 0 unspecified atom stereocenters. The first-order chi connectivity index (χ1) is 16.0. The molecule has 5 aromatic rings. The Bertz CT molecular complexity index is 1410. The van der Waals surface area contributed by atoms with E-state index in [0.717, 1.165) is 35.7 Å². The van der Waals surface area contributed by atoms with E-state index in [1.54, 1.807) is 17.6 Å². The highest BCUT2D eigenvalue weighted by Gasteiger charge is 2.19. The summed E-state index contributed by atoms with van der Waals surface area (Å²) < 4.78 is 22.9. The SMILES string of the molecule is CC(C)NCCCn1c(Cc2cc3ccsc3cc2-c2ccco2)nc2c(N)nc(F)nc21. The number of aryl methyl sites for hydroxylation is 1. The third-order valence-electron chi connectivity index (χ3n) is 5.60. The van der Waals surface area contributed by atoms with Crippen LogP contribution in [0.2, 0.25) is 0 Å². The molecule has 4 heterocycles. The predicted molar refractivity (Wildman–Crippen MR) is 130 cm³/mol. The minimum Gasteiger partial charge on any atom is -0.464 e. The van der Waals surface area contributed by atoms with Gasteiger partial charge in [0.1, 0.15) is 11.6 Å². The number of nitrogens with zero attached hydrogens (tertiary/aromatic N) is 4. The topological polar surface area (TPSA) is 94.8 Å². The van der Waals surface area contributed by atoms with E-state index in [0.29, 0.717) is 30.2 Å². The third kappa shape index (κ3) is 4.34. The summed E-state index contributed by atoms with van der Waals surface area (Å²) in [5.41, 5.74) is 8.94. The van der Waals surface area contributed by atoms with Gasteiger partial charge in [-0.15, -0.1) is 11.3 Å². The molecule has 0 aliphatic heterocycles. The minimum absolute atomic E-state index is 0.0531. The second-order valence-corrected chi connectivity index (χ2v) is 9.26. The number of furan rings is 1. The maximum Gasteiger partial charge on any atom is 0.312 e. The molecule has 1 aromatic carbocycles. The fourth-order valence-electron chi connectivity index (χ4n) is 4.07. The number of aromatic nitrogens is 4. The van der Waals surface area contributed by atoms with Crippen molar-refractivity contribution in [3.05, 3.63) is 59.4 Å². The van der Waals surface area contributed by atoms with Crippen LogP contribution in [-0.4, -0.2) is 32.1 Å². The van der Waals surface area contributed by atoms with Crippen molar-refractivity contribution in [2.75, 3.05) is 12.3 Å². The quantitative estimate of drug-likeness (QED) is 0.248. The average molecular weight is 465 g/mol. The molecule has 0 radical (unpaired) electrons. The summed E-state index contributed by atoms with van der Waals surface area (Å²) in [6.07, 6.45) is 2.20. The number of nitrogens with one attached hydrogen (secondary N) is 1. The molecule has 0 spiro atoms. The van der Waals surface area contributed by atoms with Crippen LogP contribution in [0.3, 0.4) is 0 Å². The highest BCUT2D eigenvalue weighted by molar-refractivity contribution is 7.17. The zero-order valence-electron chi connectivity index (χ0n) is 18.5. The van der Waals surface area contributed by atoms with Crippen LogP contribution in [0.15, 0.2) is 46.4 Å². The minimum atomic E-state index is -0.844. The van der Waals surface area contributed by atoms with Crippen LogP contribution in [0, 0.1) is 6.08 Å². The molecular formula is C24H25FN6OS. The summed E-state index contributed by atoms with van der Waals surface area (Å²) in [5.74, 6) is 1.62. The number of nitrogens with two attached hydrogens (primary N) is 1. The summed E-state index contributed by atoms with van der Waals surface area (Å²) in [6.45, 7) is 5.69. The number of rotatable bonds is 8. The molecule has 0 saturated heterocycles. The molecule has 0 amide bonds. The lowest BCUT2D eigenvalue weighted by molar-refractivity contribution is 0.525. The Labute approximate surface area is 194 Å². The maximum atomic E-state index is 14.0. The number of halogens is 1. The van der Waals surface area contributed by atoms with Crippen molar-refractivity contribution in [1.29, 1.82) is 0 Å². The smallest absolute Gasteiger partial charge is 0.312 e. The zero-order valence-corrected chi connectivity index (χ0v) is 19.3. The first-order valence-corrected chi connectivity index (χ1v) is 11.8. The van der Waals surface area contributed by atoms with E-state index in [-0.39, 0.29) is 5.82 Å². The van der Waals surface area contributed by atoms with Gasteiger partial charge in [-0.25, -0.2) is 4.98 Å². The summed E-state index contributed by atoms with van der Waals surface area (Å²) in [4.78, 5) is 12.5. The molecule has 0 aliphatic rings. The zero-order chi connectivity index (χ0) is 22.9. The first-order valence-electron chi connectivity index (χ1n) is 10.9. The molecule has 9 heteroatoms. The number of imidazole rings is 1. The van der Waals surface area contributed by atoms with Gasteiger partial charge in [0.25, 0.3) is 0 Å². The monoisotopic (exact) mass is 464 g/mol. The summed E-state index contributed by atoms with van der Waals surface area (Å²) >= 11 is 1.69. The molecule has 0 saturated carbocycles. The number of hydrogen-bond donors (Lipinski definition) is 2. The van der Waals surface area contributed by atoms with Crippen molar-refractivity contribution < 1.29 is 8.81 Å². The van der Waals surface area contributed by atoms with Gasteiger partial charge in [-0.2, -0.15) is 14.4 Å². The summed E-state index contributed by atoms with van der Waals surface area (Å²) in [7, 11) is 0. The Balaban J connectivity index is 1.58. The van der Waals surface area contributed by atoms with E-state index in [1.165, 1.54) is 10.1 Å². The Kier molecular flexibility index (Phi) is 5.82. The third-order valence-corrected chi connectivity index (χ3v) is 6.48. The van der Waals surface area contributed by atoms with E-state index in [9.17, 15) is 4.39 Å². The fourth-order valence-corrected chi connectivity index (χ4v) is 4.88. The molecule has 0 aliphatic carbocycles. The number of nitrogen functional groups attached to an aromatic ring is 1. The Morgan fingerprint density at radius 3 is 2.88 bits per heavy atom. The van der Waals surface area contributed by atoms with E-state index in [2.05, 4.69) is 52.7 Å². The molecule has 5 rings (SSSR count). The van der Waals surface area contributed by atoms with Crippen LogP contribution in [0.5, 0.6) is 0 Å². The maximum absolute atomic E-state index is 14.0. The molecule has 0 atom stereocenters. The van der Waals surface area contributed by atoms with Crippen molar-refractivity contribution in [3.8, 4) is 11.3 Å². The molecule has 0 bridgehead atoms. The summed E-state index contributed by atoms with van der Waals surface area (Å²) in [6, 6.07) is 10.7. The fraction of sp³-hybridized carbons (Fsp3) is 0.292. The van der Waals surface area contributed by atoms with Crippen LogP contribution in [-0.2, 0) is 13.0 Å². The molecule has 7 nitrogen and oxygen atoms in total. The second-order valence-electron chi connectivity index (χ2n) is 8.31. The van der Waals surface area contributed by atoms with Gasteiger partial charge >= 0.3 is 6.08 Å². The van der Waals surface area contributed by atoms with E-state index in [4.69, 9.17) is 15.1 Å². The molecule has 0 fully saturated rings. The van der Waals surface area contributed by atoms with Gasteiger partial charge in [0.2, 0.25) is 0 Å². The van der Waals surface area contributed by atoms with Crippen LogP contribution in [0.25, 0.3) is 32.6 Å². The largest absolute Gasteiger partial charge is 0.464 e. The molecular weight excluding hydrogens is 439 g/mol. The second kappa shape index (κ2) is 8.92. The van der Waals surface area contributed by atoms with Gasteiger partial charge in [-0.3, -0.25) is 0 Å². The normalized spacial score (nSPS) is 11.9. The highest BCUT2D eigenvalue weighted by Crippen LogP contribution is 2.33. The standard InChI is InChI=1S/C24H25FN6OS/c1-14(2)27-7-4-8-31-20(28-21-22(26)29-24(25)30-23(21)31)12-16-11-15-6-10-33-19(15)13-17(16)18-5-3-9-32-18/h3,5-6,9-11,13-14,27H,4,7-8,12H2,1-2H3,(H2,26,29,30). The van der Waals surface area contributed by atoms with Crippen molar-refractivity contribution in [3.63, 3.8) is 0 Å². The van der Waals surface area contributed by atoms with Crippen LogP contribution < -0.4 is 11.1 Å². The van der Waals surface area contributed by atoms with Crippen LogP contribution in [0.1, 0.15) is 31.7 Å². The van der Waals surface area contributed by atoms with Gasteiger partial charge in [0, 0.05) is 29.3 Å². The van der Waals surface area contributed by atoms with Gasteiger partial charge < -0.3 is 20.0 Å². The number of anilines is 1. The van der Waals surface area contributed by atoms with Gasteiger partial charge in [0.15, 0.2) is 17.0 Å². The lowest BCUT2D eigenvalue weighted by Crippen LogP contribution is -2.24. The van der Waals surface area contributed by atoms with Crippen molar-refractivity contribution in [2.45, 2.75) is 39.3 Å². The van der Waals surface area contributed by atoms with Crippen LogP contribution in [0.4, 0.5) is 10.2 Å². The van der Waals surface area contributed by atoms with Gasteiger partial charge in [-0.1, -0.05) is 13.8 Å². The van der Waals surface area contributed by atoms with Crippen LogP contribution >= 0.6 is 11.3 Å². The highest BCUT2D eigenvalue weighted by atomic mass is 32.1. The average Bonchev–Trinajstić information content (AvgIpc) is 3.51. The lowest BCUT2D eigenvalue weighted by atomic mass is 10.0. The number of hydrogen-bond acceptors (Lipinski definition) is 7. The number of benzene rings is 1. The van der Waals surface area contributed by atoms with Gasteiger partial charge in [-0.05, 0) is 59.6 Å². The van der Waals surface area contributed by atoms with E-state index in [1.807, 2.05) is 16.7 Å². The molecule has 170 valence electrons. The van der Waals surface area contributed by atoms with Crippen molar-refractivity contribution >= 4 is 38.4 Å². The Hall–Kier alpha value is -3.30. The molecule has 33 heavy (non-hydrogen) atoms. The van der Waals surface area contributed by atoms with Gasteiger partial charge in [0.05, 0.1) is 6.26 Å². The number of thiophene rings is 1. The molecule has 4 aromatic heterocycles. The van der Waals surface area contributed by atoms with Crippen molar-refractivity contribution in [1.82, 2.24) is 24.8 Å².